The fraction of sp³-hybridized carbons (Fsp3) is 0.600. The Bertz CT molecular complexity index is 380. The van der Waals surface area contributed by atoms with Crippen molar-refractivity contribution in [3.8, 4) is 5.75 Å². The Hall–Kier alpha value is -1.26. The molecule has 0 aliphatic carbocycles. The van der Waals surface area contributed by atoms with Crippen LogP contribution in [0.15, 0.2) is 24.3 Å². The second-order valence-electron chi connectivity index (χ2n) is 5.09. The molecule has 106 valence electrons. The van der Waals surface area contributed by atoms with Gasteiger partial charge in [-0.2, -0.15) is 0 Å². The predicted octanol–water partition coefficient (Wildman–Crippen LogP) is 1.90. The number of likely N-dealkylation sites (N-methyl/N-ethyl adjacent to an activating group) is 2. The zero-order chi connectivity index (χ0) is 13.7. The Morgan fingerprint density at radius 1 is 1.26 bits per heavy atom. The van der Waals surface area contributed by atoms with Gasteiger partial charge in [-0.05, 0) is 44.2 Å². The van der Waals surface area contributed by atoms with Gasteiger partial charge in [0.1, 0.15) is 5.75 Å². The van der Waals surface area contributed by atoms with Gasteiger partial charge in [0.05, 0.1) is 19.3 Å². The van der Waals surface area contributed by atoms with Crippen molar-refractivity contribution in [2.45, 2.75) is 25.0 Å². The molecule has 19 heavy (non-hydrogen) atoms. The summed E-state index contributed by atoms with van der Waals surface area (Å²) in [6, 6.07) is 8.15. The topological polar surface area (TPSA) is 33.7 Å². The summed E-state index contributed by atoms with van der Waals surface area (Å²) in [7, 11) is 5.77. The summed E-state index contributed by atoms with van der Waals surface area (Å²) in [5.41, 5.74) is 1.20. The van der Waals surface area contributed by atoms with Gasteiger partial charge in [0.15, 0.2) is 0 Å². The smallest absolute Gasteiger partial charge is 0.119 e. The summed E-state index contributed by atoms with van der Waals surface area (Å²) >= 11 is 0. The lowest BCUT2D eigenvalue weighted by Gasteiger charge is -2.23. The average Bonchev–Trinajstić information content (AvgIpc) is 2.86. The first-order valence-corrected chi connectivity index (χ1v) is 6.88. The largest absolute Gasteiger partial charge is 0.497 e. The van der Waals surface area contributed by atoms with Gasteiger partial charge in [0, 0.05) is 25.8 Å². The van der Waals surface area contributed by atoms with Gasteiger partial charge in [-0.1, -0.05) is 0 Å². The molecule has 2 unspecified atom stereocenters. The Kier molecular flexibility index (Phi) is 5.05. The molecule has 4 nitrogen and oxygen atoms in total. The van der Waals surface area contributed by atoms with Crippen LogP contribution in [-0.4, -0.2) is 46.5 Å². The Morgan fingerprint density at radius 2 is 1.95 bits per heavy atom. The lowest BCUT2D eigenvalue weighted by atomic mass is 10.2. The maximum atomic E-state index is 6.01. The molecular formula is C15H24N2O2. The molecule has 1 saturated heterocycles. The highest BCUT2D eigenvalue weighted by Gasteiger charge is 2.25. The number of ether oxygens (including phenoxy) is 2. The van der Waals surface area contributed by atoms with Gasteiger partial charge >= 0.3 is 0 Å². The molecule has 0 bridgehead atoms. The van der Waals surface area contributed by atoms with E-state index in [1.54, 1.807) is 7.11 Å². The lowest BCUT2D eigenvalue weighted by Crippen LogP contribution is -2.31. The summed E-state index contributed by atoms with van der Waals surface area (Å²) in [4.78, 5) is 2.24. The van der Waals surface area contributed by atoms with Gasteiger partial charge in [-0.3, -0.25) is 0 Å². The van der Waals surface area contributed by atoms with E-state index in [1.165, 1.54) is 5.69 Å². The first-order valence-electron chi connectivity index (χ1n) is 6.88. The van der Waals surface area contributed by atoms with Crippen molar-refractivity contribution < 1.29 is 9.47 Å². The summed E-state index contributed by atoms with van der Waals surface area (Å²) in [5, 5.41) is 3.18. The standard InChI is InChI=1S/C15H24N2O2/c1-16-10-14-8-9-15(19-14)11-17(2)12-4-6-13(18-3)7-5-12/h4-7,14-16H,8-11H2,1-3H3. The van der Waals surface area contributed by atoms with E-state index in [0.29, 0.717) is 12.2 Å². The molecule has 2 atom stereocenters. The molecular weight excluding hydrogens is 240 g/mol. The van der Waals surface area contributed by atoms with Crippen LogP contribution in [-0.2, 0) is 4.74 Å². The Balaban J connectivity index is 1.85. The monoisotopic (exact) mass is 264 g/mol. The van der Waals surface area contributed by atoms with E-state index >= 15 is 0 Å². The predicted molar refractivity (Wildman–Crippen MR) is 78.1 cm³/mol. The highest BCUT2D eigenvalue weighted by atomic mass is 16.5. The molecule has 0 saturated carbocycles. The van der Waals surface area contributed by atoms with Crippen LogP contribution in [0.1, 0.15) is 12.8 Å². The van der Waals surface area contributed by atoms with Crippen molar-refractivity contribution in [1.82, 2.24) is 5.32 Å². The van der Waals surface area contributed by atoms with Crippen LogP contribution < -0.4 is 15.0 Å². The molecule has 1 aliphatic rings. The summed E-state index contributed by atoms with van der Waals surface area (Å²) in [5.74, 6) is 0.892. The van der Waals surface area contributed by atoms with E-state index in [4.69, 9.17) is 9.47 Å². The normalized spacial score (nSPS) is 22.5. The van der Waals surface area contributed by atoms with Gasteiger partial charge < -0.3 is 19.7 Å². The van der Waals surface area contributed by atoms with Crippen LogP contribution in [0.5, 0.6) is 5.75 Å². The molecule has 1 heterocycles. The first kappa shape index (κ1) is 14.2. The van der Waals surface area contributed by atoms with Gasteiger partial charge in [0.2, 0.25) is 0 Å². The van der Waals surface area contributed by atoms with Crippen LogP contribution in [0.25, 0.3) is 0 Å². The maximum Gasteiger partial charge on any atom is 0.119 e. The average molecular weight is 264 g/mol. The van der Waals surface area contributed by atoms with Crippen LogP contribution >= 0.6 is 0 Å². The Morgan fingerprint density at radius 3 is 2.58 bits per heavy atom. The van der Waals surface area contributed by atoms with E-state index < -0.39 is 0 Å². The summed E-state index contributed by atoms with van der Waals surface area (Å²) < 4.78 is 11.2. The number of rotatable bonds is 6. The minimum absolute atomic E-state index is 0.338. The molecule has 0 amide bonds. The Labute approximate surface area is 115 Å². The summed E-state index contributed by atoms with van der Waals surface area (Å²) in [6.45, 7) is 1.88. The van der Waals surface area contributed by atoms with E-state index in [2.05, 4.69) is 29.4 Å². The quantitative estimate of drug-likeness (QED) is 0.851. The first-order chi connectivity index (χ1) is 9.22. The fourth-order valence-corrected chi connectivity index (χ4v) is 2.54. The van der Waals surface area contributed by atoms with Crippen LogP contribution in [0.4, 0.5) is 5.69 Å². The molecule has 0 aromatic heterocycles. The molecule has 2 rings (SSSR count). The van der Waals surface area contributed by atoms with Gasteiger partial charge in [-0.25, -0.2) is 0 Å². The molecule has 1 aliphatic heterocycles. The molecule has 1 fully saturated rings. The van der Waals surface area contributed by atoms with Crippen LogP contribution in [0, 0.1) is 0 Å². The highest BCUT2D eigenvalue weighted by Crippen LogP contribution is 2.23. The molecule has 1 N–H and O–H groups in total. The molecule has 1 aromatic carbocycles. The molecule has 1 aromatic rings. The van der Waals surface area contributed by atoms with Gasteiger partial charge in [0.25, 0.3) is 0 Å². The van der Waals surface area contributed by atoms with E-state index in [0.717, 1.165) is 31.7 Å². The fourth-order valence-electron chi connectivity index (χ4n) is 2.54. The zero-order valence-corrected chi connectivity index (χ0v) is 12.1. The number of nitrogens with one attached hydrogen (secondary N) is 1. The van der Waals surface area contributed by atoms with Crippen molar-refractivity contribution in [3.05, 3.63) is 24.3 Å². The SMILES string of the molecule is CNCC1CCC(CN(C)c2ccc(OC)cc2)O1. The summed E-state index contributed by atoms with van der Waals surface area (Å²) in [6.07, 6.45) is 3.01. The highest BCUT2D eigenvalue weighted by molar-refractivity contribution is 5.48. The zero-order valence-electron chi connectivity index (χ0n) is 12.1. The molecule has 0 spiro atoms. The molecule has 4 heteroatoms. The van der Waals surface area contributed by atoms with E-state index in [-0.39, 0.29) is 0 Å². The minimum Gasteiger partial charge on any atom is -0.497 e. The minimum atomic E-state index is 0.338. The number of methoxy groups -OCH3 is 1. The number of nitrogens with zero attached hydrogens (tertiary/aromatic N) is 1. The second kappa shape index (κ2) is 6.78. The van der Waals surface area contributed by atoms with Crippen molar-refractivity contribution in [3.63, 3.8) is 0 Å². The van der Waals surface area contributed by atoms with E-state index in [1.807, 2.05) is 19.2 Å². The van der Waals surface area contributed by atoms with Crippen molar-refractivity contribution >= 4 is 5.69 Å². The third-order valence-corrected chi connectivity index (χ3v) is 3.62. The third kappa shape index (κ3) is 3.85. The van der Waals surface area contributed by atoms with Crippen LogP contribution in [0.3, 0.4) is 0 Å². The maximum absolute atomic E-state index is 6.01. The third-order valence-electron chi connectivity index (χ3n) is 3.62. The van der Waals surface area contributed by atoms with Crippen molar-refractivity contribution in [2.75, 3.05) is 39.2 Å². The van der Waals surface area contributed by atoms with Crippen molar-refractivity contribution in [2.24, 2.45) is 0 Å². The van der Waals surface area contributed by atoms with Crippen molar-refractivity contribution in [1.29, 1.82) is 0 Å². The number of hydrogen-bond acceptors (Lipinski definition) is 4. The van der Waals surface area contributed by atoms with Crippen LogP contribution in [0.2, 0.25) is 0 Å². The number of anilines is 1. The van der Waals surface area contributed by atoms with Gasteiger partial charge in [-0.15, -0.1) is 0 Å². The van der Waals surface area contributed by atoms with E-state index in [9.17, 15) is 0 Å². The second-order valence-corrected chi connectivity index (χ2v) is 5.09. The lowest BCUT2D eigenvalue weighted by molar-refractivity contribution is 0.0511. The number of benzene rings is 1. The molecule has 0 radical (unpaired) electrons. The number of hydrogen-bond donors (Lipinski definition) is 1.